The molecule has 0 amide bonds. The van der Waals surface area contributed by atoms with Gasteiger partial charge in [-0.25, -0.2) is 0 Å². The molecule has 1 aromatic rings. The van der Waals surface area contributed by atoms with Crippen LogP contribution in [-0.2, 0) is 0 Å². The molecule has 14 heavy (non-hydrogen) atoms. The maximum atomic E-state index is 9.47. The molecule has 2 nitrogen and oxygen atoms in total. The lowest BCUT2D eigenvalue weighted by Crippen LogP contribution is -2.16. The van der Waals surface area contributed by atoms with E-state index in [1.807, 2.05) is 18.2 Å². The van der Waals surface area contributed by atoms with Gasteiger partial charge in [-0.15, -0.1) is 0 Å². The molecule has 0 aromatic carbocycles. The van der Waals surface area contributed by atoms with Crippen LogP contribution in [0.4, 0.5) is 0 Å². The third kappa shape index (κ3) is 4.53. The monoisotopic (exact) mass is 255 g/mol. The Morgan fingerprint density at radius 1 is 1.50 bits per heavy atom. The first-order valence-electron chi connectivity index (χ1n) is 4.47. The normalized spacial score (nSPS) is 12.3. The van der Waals surface area contributed by atoms with E-state index in [2.05, 4.69) is 20.9 Å². The summed E-state index contributed by atoms with van der Waals surface area (Å²) in [6.45, 7) is 3.58. The first-order chi connectivity index (χ1) is 6.47. The SMILES string of the molecule is CC(C)(O)C/C=C/c1cncc(Br)c1. The van der Waals surface area contributed by atoms with Crippen LogP contribution in [0.3, 0.4) is 0 Å². The lowest BCUT2D eigenvalue weighted by molar-refractivity contribution is 0.0841. The van der Waals surface area contributed by atoms with Crippen LogP contribution < -0.4 is 0 Å². The summed E-state index contributed by atoms with van der Waals surface area (Å²) < 4.78 is 0.961. The van der Waals surface area contributed by atoms with Crippen LogP contribution >= 0.6 is 15.9 Å². The standard InChI is InChI=1S/C11H14BrNO/c1-11(2,14)5-3-4-9-6-10(12)8-13-7-9/h3-4,6-8,14H,5H2,1-2H3/b4-3+. The minimum absolute atomic E-state index is 0.638. The molecule has 1 aromatic heterocycles. The van der Waals surface area contributed by atoms with Gasteiger partial charge in [0.05, 0.1) is 5.60 Å². The van der Waals surface area contributed by atoms with Crippen molar-refractivity contribution < 1.29 is 5.11 Å². The van der Waals surface area contributed by atoms with Crippen LogP contribution in [0, 0.1) is 0 Å². The summed E-state index contributed by atoms with van der Waals surface area (Å²) in [5.74, 6) is 0. The summed E-state index contributed by atoms with van der Waals surface area (Å²) in [6.07, 6.45) is 8.07. The van der Waals surface area contributed by atoms with Gasteiger partial charge in [-0.3, -0.25) is 4.98 Å². The third-order valence-corrected chi connectivity index (χ3v) is 2.09. The minimum Gasteiger partial charge on any atom is -0.390 e. The van der Waals surface area contributed by atoms with Crippen LogP contribution in [0.1, 0.15) is 25.8 Å². The van der Waals surface area contributed by atoms with Crippen molar-refractivity contribution in [1.29, 1.82) is 0 Å². The summed E-state index contributed by atoms with van der Waals surface area (Å²) in [5.41, 5.74) is 0.388. The Bertz CT molecular complexity index is 328. The fraction of sp³-hybridized carbons (Fsp3) is 0.364. The van der Waals surface area contributed by atoms with Crippen molar-refractivity contribution in [2.75, 3.05) is 0 Å². The summed E-state index contributed by atoms with van der Waals surface area (Å²) in [6, 6.07) is 1.98. The lowest BCUT2D eigenvalue weighted by Gasteiger charge is -2.13. The van der Waals surface area contributed by atoms with Gasteiger partial charge in [0.25, 0.3) is 0 Å². The van der Waals surface area contributed by atoms with E-state index in [0.717, 1.165) is 10.0 Å². The van der Waals surface area contributed by atoms with Gasteiger partial charge in [0.2, 0.25) is 0 Å². The Balaban J connectivity index is 2.61. The zero-order valence-electron chi connectivity index (χ0n) is 8.37. The molecule has 0 saturated heterocycles. The number of hydrogen-bond acceptors (Lipinski definition) is 2. The molecule has 1 rings (SSSR count). The molecule has 0 aliphatic carbocycles. The molecule has 0 atom stereocenters. The predicted molar refractivity (Wildman–Crippen MR) is 61.9 cm³/mol. The maximum Gasteiger partial charge on any atom is 0.0626 e. The van der Waals surface area contributed by atoms with E-state index in [-0.39, 0.29) is 0 Å². The quantitative estimate of drug-likeness (QED) is 0.901. The van der Waals surface area contributed by atoms with Crippen molar-refractivity contribution in [2.45, 2.75) is 25.9 Å². The van der Waals surface area contributed by atoms with E-state index in [9.17, 15) is 5.11 Å². The number of aromatic nitrogens is 1. The molecular weight excluding hydrogens is 242 g/mol. The highest BCUT2D eigenvalue weighted by atomic mass is 79.9. The average molecular weight is 256 g/mol. The topological polar surface area (TPSA) is 33.1 Å². The number of pyridine rings is 1. The Hall–Kier alpha value is -0.670. The summed E-state index contributed by atoms with van der Waals surface area (Å²) >= 11 is 3.35. The number of rotatable bonds is 3. The van der Waals surface area contributed by atoms with Crippen LogP contribution in [-0.4, -0.2) is 15.7 Å². The van der Waals surface area contributed by atoms with Gasteiger partial charge in [-0.2, -0.15) is 0 Å². The van der Waals surface area contributed by atoms with Crippen LogP contribution in [0.15, 0.2) is 29.0 Å². The summed E-state index contributed by atoms with van der Waals surface area (Å²) in [5, 5.41) is 9.47. The van der Waals surface area contributed by atoms with Crippen molar-refractivity contribution in [3.63, 3.8) is 0 Å². The van der Waals surface area contributed by atoms with Crippen LogP contribution in [0.2, 0.25) is 0 Å². The van der Waals surface area contributed by atoms with Crippen molar-refractivity contribution >= 4 is 22.0 Å². The maximum absolute atomic E-state index is 9.47. The van der Waals surface area contributed by atoms with Gasteiger partial charge in [-0.05, 0) is 47.8 Å². The molecule has 0 unspecified atom stereocenters. The smallest absolute Gasteiger partial charge is 0.0626 e. The molecule has 0 aliphatic rings. The van der Waals surface area contributed by atoms with Crippen LogP contribution in [0.5, 0.6) is 0 Å². The van der Waals surface area contributed by atoms with E-state index >= 15 is 0 Å². The van der Waals surface area contributed by atoms with Crippen molar-refractivity contribution in [2.24, 2.45) is 0 Å². The molecule has 76 valence electrons. The van der Waals surface area contributed by atoms with E-state index in [0.29, 0.717) is 6.42 Å². The molecule has 0 fully saturated rings. The summed E-state index contributed by atoms with van der Waals surface area (Å²) in [4.78, 5) is 4.04. The summed E-state index contributed by atoms with van der Waals surface area (Å²) in [7, 11) is 0. The molecule has 1 N–H and O–H groups in total. The molecule has 0 radical (unpaired) electrons. The first kappa shape index (κ1) is 11.4. The molecule has 3 heteroatoms. The van der Waals surface area contributed by atoms with Gasteiger partial charge >= 0.3 is 0 Å². The average Bonchev–Trinajstić information content (AvgIpc) is 2.01. The second kappa shape index (κ2) is 4.71. The van der Waals surface area contributed by atoms with Gasteiger partial charge in [-0.1, -0.05) is 12.2 Å². The van der Waals surface area contributed by atoms with E-state index in [4.69, 9.17) is 0 Å². The Kier molecular flexibility index (Phi) is 3.84. The highest BCUT2D eigenvalue weighted by Gasteiger charge is 2.08. The fourth-order valence-corrected chi connectivity index (χ4v) is 1.39. The molecule has 1 heterocycles. The molecular formula is C11H14BrNO. The van der Waals surface area contributed by atoms with E-state index in [1.54, 1.807) is 26.2 Å². The van der Waals surface area contributed by atoms with Gasteiger partial charge < -0.3 is 5.11 Å². The van der Waals surface area contributed by atoms with Crippen molar-refractivity contribution in [3.8, 4) is 0 Å². The fourth-order valence-electron chi connectivity index (χ4n) is 1.00. The zero-order valence-corrected chi connectivity index (χ0v) is 9.95. The molecule has 0 spiro atoms. The van der Waals surface area contributed by atoms with Crippen molar-refractivity contribution in [1.82, 2.24) is 4.98 Å². The predicted octanol–water partition coefficient (Wildman–Crippen LogP) is 3.02. The third-order valence-electron chi connectivity index (χ3n) is 1.65. The van der Waals surface area contributed by atoms with Crippen LogP contribution in [0.25, 0.3) is 6.08 Å². The van der Waals surface area contributed by atoms with Gasteiger partial charge in [0.15, 0.2) is 0 Å². The number of nitrogens with zero attached hydrogens (tertiary/aromatic N) is 1. The second-order valence-electron chi connectivity index (χ2n) is 3.86. The second-order valence-corrected chi connectivity index (χ2v) is 4.77. The highest BCUT2D eigenvalue weighted by molar-refractivity contribution is 9.10. The first-order valence-corrected chi connectivity index (χ1v) is 5.26. The molecule has 0 aliphatic heterocycles. The zero-order chi connectivity index (χ0) is 10.6. The lowest BCUT2D eigenvalue weighted by atomic mass is 10.1. The number of aliphatic hydroxyl groups is 1. The van der Waals surface area contributed by atoms with Gasteiger partial charge in [0, 0.05) is 16.9 Å². The Labute approximate surface area is 92.8 Å². The minimum atomic E-state index is -0.643. The molecule has 0 saturated carbocycles. The van der Waals surface area contributed by atoms with E-state index in [1.165, 1.54) is 0 Å². The highest BCUT2D eigenvalue weighted by Crippen LogP contribution is 2.13. The number of halogens is 1. The number of hydrogen-bond donors (Lipinski definition) is 1. The Morgan fingerprint density at radius 2 is 2.21 bits per heavy atom. The Morgan fingerprint density at radius 3 is 2.79 bits per heavy atom. The van der Waals surface area contributed by atoms with Gasteiger partial charge in [0.1, 0.15) is 0 Å². The van der Waals surface area contributed by atoms with Crippen molar-refractivity contribution in [3.05, 3.63) is 34.6 Å². The van der Waals surface area contributed by atoms with E-state index < -0.39 is 5.60 Å². The largest absolute Gasteiger partial charge is 0.390 e. The molecule has 0 bridgehead atoms.